The molecule has 1 saturated heterocycles. The quantitative estimate of drug-likeness (QED) is 0.618. The largest absolute Gasteiger partial charge is 0.268 e. The lowest BCUT2D eigenvalue weighted by atomic mass is 10.1. The van der Waals surface area contributed by atoms with E-state index >= 15 is 0 Å². The van der Waals surface area contributed by atoms with Gasteiger partial charge in [0.05, 0.1) is 15.3 Å². The highest BCUT2D eigenvalue weighted by molar-refractivity contribution is 7.91. The molecule has 10 heteroatoms. The van der Waals surface area contributed by atoms with Gasteiger partial charge in [0.25, 0.3) is 15.6 Å². The van der Waals surface area contributed by atoms with Crippen molar-refractivity contribution in [3.05, 3.63) is 56.5 Å². The number of piperidine rings is 1. The van der Waals surface area contributed by atoms with Crippen LogP contribution in [0.25, 0.3) is 10.6 Å². The normalized spacial score (nSPS) is 16.6. The Balaban J connectivity index is 1.53. The van der Waals surface area contributed by atoms with Crippen LogP contribution in [-0.4, -0.2) is 35.6 Å². The van der Waals surface area contributed by atoms with Crippen molar-refractivity contribution >= 4 is 44.3 Å². The first-order valence-electron chi connectivity index (χ1n) is 8.34. The summed E-state index contributed by atoms with van der Waals surface area (Å²) in [6.45, 7) is 0.694. The van der Waals surface area contributed by atoms with E-state index in [0.717, 1.165) is 21.9 Å². The predicted molar refractivity (Wildman–Crippen MR) is 108 cm³/mol. The summed E-state index contributed by atoms with van der Waals surface area (Å²) in [5.74, 6) is 0. The van der Waals surface area contributed by atoms with Gasteiger partial charge >= 0.3 is 0 Å². The summed E-state index contributed by atoms with van der Waals surface area (Å²) < 4.78 is 29.1. The maximum absolute atomic E-state index is 12.7. The number of aromatic nitrogens is 2. The van der Waals surface area contributed by atoms with Crippen LogP contribution in [0.5, 0.6) is 0 Å². The molecule has 0 aliphatic carbocycles. The van der Waals surface area contributed by atoms with Crippen LogP contribution in [0.4, 0.5) is 0 Å². The molecule has 142 valence electrons. The van der Waals surface area contributed by atoms with Gasteiger partial charge in [0.2, 0.25) is 0 Å². The van der Waals surface area contributed by atoms with E-state index in [1.54, 1.807) is 23.5 Å². The van der Waals surface area contributed by atoms with Crippen LogP contribution in [0.1, 0.15) is 18.9 Å². The number of sulfonamides is 1. The molecule has 0 radical (unpaired) electrons. The van der Waals surface area contributed by atoms with E-state index in [0.29, 0.717) is 30.3 Å². The highest BCUT2D eigenvalue weighted by atomic mass is 35.5. The van der Waals surface area contributed by atoms with Crippen LogP contribution in [0.2, 0.25) is 4.34 Å². The molecular formula is C17H16ClN3O3S3. The molecule has 0 spiro atoms. The van der Waals surface area contributed by atoms with Gasteiger partial charge in [-0.05, 0) is 42.5 Å². The Kier molecular flexibility index (Phi) is 5.21. The Morgan fingerprint density at radius 2 is 1.89 bits per heavy atom. The maximum atomic E-state index is 12.7. The van der Waals surface area contributed by atoms with Crippen LogP contribution in [0.15, 0.2) is 50.8 Å². The molecule has 1 aliphatic heterocycles. The van der Waals surface area contributed by atoms with Crippen LogP contribution in [0, 0.1) is 0 Å². The number of rotatable bonds is 4. The smallest absolute Gasteiger partial charge is 0.267 e. The van der Waals surface area contributed by atoms with E-state index in [2.05, 4.69) is 5.10 Å². The lowest BCUT2D eigenvalue weighted by molar-refractivity contribution is 0.256. The molecule has 27 heavy (non-hydrogen) atoms. The number of hydrogen-bond acceptors (Lipinski definition) is 6. The lowest BCUT2D eigenvalue weighted by Crippen LogP contribution is -2.41. The molecule has 0 amide bonds. The van der Waals surface area contributed by atoms with E-state index in [1.165, 1.54) is 21.1 Å². The fraction of sp³-hybridized carbons (Fsp3) is 0.294. The van der Waals surface area contributed by atoms with E-state index in [1.807, 2.05) is 17.5 Å². The average molecular weight is 442 g/mol. The summed E-state index contributed by atoms with van der Waals surface area (Å²) in [6, 6.07) is 10.2. The van der Waals surface area contributed by atoms with Gasteiger partial charge in [-0.15, -0.1) is 22.7 Å². The average Bonchev–Trinajstić information content (AvgIpc) is 3.34. The Labute approximate surface area is 169 Å². The number of halogens is 1. The van der Waals surface area contributed by atoms with Gasteiger partial charge in [-0.1, -0.05) is 17.7 Å². The molecule has 0 saturated carbocycles. The van der Waals surface area contributed by atoms with Gasteiger partial charge in [0.1, 0.15) is 9.90 Å². The van der Waals surface area contributed by atoms with Crippen molar-refractivity contribution in [2.24, 2.45) is 0 Å². The van der Waals surface area contributed by atoms with Gasteiger partial charge in [0.15, 0.2) is 0 Å². The van der Waals surface area contributed by atoms with Crippen LogP contribution in [0.3, 0.4) is 0 Å². The Morgan fingerprint density at radius 3 is 2.52 bits per heavy atom. The van der Waals surface area contributed by atoms with Crippen molar-refractivity contribution in [3.8, 4) is 10.6 Å². The van der Waals surface area contributed by atoms with E-state index in [4.69, 9.17) is 11.6 Å². The summed E-state index contributed by atoms with van der Waals surface area (Å²) >= 11 is 8.50. The van der Waals surface area contributed by atoms with Crippen molar-refractivity contribution in [1.29, 1.82) is 0 Å². The second-order valence-corrected chi connectivity index (χ2v) is 11.0. The molecule has 1 aliphatic rings. The molecule has 3 aromatic rings. The van der Waals surface area contributed by atoms with Crippen LogP contribution < -0.4 is 5.56 Å². The first-order chi connectivity index (χ1) is 12.9. The molecule has 1 fully saturated rings. The Morgan fingerprint density at radius 1 is 1.11 bits per heavy atom. The standard InChI is InChI=1S/C17H16ClN3O3S3/c18-15-4-6-17(26-15)27(23,24)20-9-7-12(8-10-20)21-16(22)5-3-13(19-21)14-2-1-11-25-14/h1-6,11-12H,7-10H2. The minimum absolute atomic E-state index is 0.115. The van der Waals surface area contributed by atoms with Gasteiger partial charge in [-0.25, -0.2) is 13.1 Å². The van der Waals surface area contributed by atoms with E-state index < -0.39 is 10.0 Å². The van der Waals surface area contributed by atoms with Gasteiger partial charge in [-0.3, -0.25) is 4.79 Å². The van der Waals surface area contributed by atoms with Crippen molar-refractivity contribution in [1.82, 2.24) is 14.1 Å². The highest BCUT2D eigenvalue weighted by Gasteiger charge is 2.31. The highest BCUT2D eigenvalue weighted by Crippen LogP contribution is 2.31. The first-order valence-corrected chi connectivity index (χ1v) is 11.9. The second-order valence-electron chi connectivity index (χ2n) is 6.17. The predicted octanol–water partition coefficient (Wildman–Crippen LogP) is 3.71. The summed E-state index contributed by atoms with van der Waals surface area (Å²) in [6.07, 6.45) is 1.08. The zero-order valence-corrected chi connectivity index (χ0v) is 17.3. The molecule has 0 N–H and O–H groups in total. The van der Waals surface area contributed by atoms with Gasteiger partial charge in [0, 0.05) is 19.2 Å². The number of nitrogens with zero attached hydrogens (tertiary/aromatic N) is 3. The molecule has 0 atom stereocenters. The molecule has 4 heterocycles. The number of hydrogen-bond donors (Lipinski definition) is 0. The SMILES string of the molecule is O=c1ccc(-c2cccs2)nn1C1CCN(S(=O)(=O)c2ccc(Cl)s2)CC1. The van der Waals surface area contributed by atoms with E-state index in [-0.39, 0.29) is 15.8 Å². The summed E-state index contributed by atoms with van der Waals surface area (Å²) in [5.41, 5.74) is 0.592. The minimum atomic E-state index is -3.54. The van der Waals surface area contributed by atoms with Crippen molar-refractivity contribution in [2.75, 3.05) is 13.1 Å². The monoisotopic (exact) mass is 441 g/mol. The minimum Gasteiger partial charge on any atom is -0.268 e. The fourth-order valence-corrected chi connectivity index (χ4v) is 6.93. The summed E-state index contributed by atoms with van der Waals surface area (Å²) in [7, 11) is -3.54. The molecular weight excluding hydrogens is 426 g/mol. The number of thiophene rings is 2. The van der Waals surface area contributed by atoms with Gasteiger partial charge < -0.3 is 0 Å². The maximum Gasteiger partial charge on any atom is 0.267 e. The molecule has 0 bridgehead atoms. The molecule has 0 unspecified atom stereocenters. The third-order valence-electron chi connectivity index (χ3n) is 4.51. The topological polar surface area (TPSA) is 72.3 Å². The Bertz CT molecular complexity index is 1100. The van der Waals surface area contributed by atoms with Crippen molar-refractivity contribution in [3.63, 3.8) is 0 Å². The van der Waals surface area contributed by atoms with Crippen molar-refractivity contribution < 1.29 is 8.42 Å². The molecule has 4 rings (SSSR count). The zero-order valence-electron chi connectivity index (χ0n) is 14.1. The fourth-order valence-electron chi connectivity index (χ4n) is 3.13. The molecule has 0 aromatic carbocycles. The third-order valence-corrected chi connectivity index (χ3v) is 9.00. The zero-order chi connectivity index (χ0) is 19.0. The first kappa shape index (κ1) is 18.8. The van der Waals surface area contributed by atoms with Crippen LogP contribution in [-0.2, 0) is 10.0 Å². The second kappa shape index (κ2) is 7.48. The summed E-state index contributed by atoms with van der Waals surface area (Å²) in [5, 5.41) is 6.48. The lowest BCUT2D eigenvalue weighted by Gasteiger charge is -2.31. The van der Waals surface area contributed by atoms with Crippen molar-refractivity contribution in [2.45, 2.75) is 23.1 Å². The molecule has 3 aromatic heterocycles. The van der Waals surface area contributed by atoms with Crippen LogP contribution >= 0.6 is 34.3 Å². The summed E-state index contributed by atoms with van der Waals surface area (Å²) in [4.78, 5) is 13.3. The Hall–Kier alpha value is -1.52. The van der Waals surface area contributed by atoms with E-state index in [9.17, 15) is 13.2 Å². The molecule has 6 nitrogen and oxygen atoms in total. The van der Waals surface area contributed by atoms with Gasteiger partial charge in [-0.2, -0.15) is 9.40 Å². The third kappa shape index (κ3) is 3.74.